The minimum absolute atomic E-state index is 0.865. The summed E-state index contributed by atoms with van der Waals surface area (Å²) in [6.45, 7) is 6.17. The molecular weight excluding hydrogens is 134 g/mol. The van der Waals surface area contributed by atoms with Gasteiger partial charge in [-0.3, -0.25) is 0 Å². The minimum atomic E-state index is 0.865. The number of nitrogens with two attached hydrogens (primary N) is 1. The van der Waals surface area contributed by atoms with E-state index in [1.807, 2.05) is 6.92 Å². The molecule has 1 aliphatic carbocycles. The van der Waals surface area contributed by atoms with Crippen molar-refractivity contribution in [2.24, 2.45) is 11.7 Å². The highest BCUT2D eigenvalue weighted by molar-refractivity contribution is 4.65. The van der Waals surface area contributed by atoms with E-state index in [4.69, 9.17) is 5.73 Å². The number of rotatable bonds is 1. The molecule has 66 valence electrons. The van der Waals surface area contributed by atoms with Crippen LogP contribution in [-0.2, 0) is 0 Å². The normalized spacial score (nSPS) is 18.4. The second-order valence-electron chi connectivity index (χ2n) is 3.15. The van der Waals surface area contributed by atoms with Crippen LogP contribution in [0.15, 0.2) is 12.7 Å². The van der Waals surface area contributed by atoms with Gasteiger partial charge in [0.15, 0.2) is 0 Å². The van der Waals surface area contributed by atoms with Crippen molar-refractivity contribution < 1.29 is 0 Å². The van der Waals surface area contributed by atoms with Gasteiger partial charge in [0.2, 0.25) is 0 Å². The van der Waals surface area contributed by atoms with Crippen LogP contribution in [-0.4, -0.2) is 6.54 Å². The molecule has 0 unspecified atom stereocenters. The molecule has 0 saturated heterocycles. The van der Waals surface area contributed by atoms with Crippen LogP contribution in [0.25, 0.3) is 0 Å². The molecule has 1 heteroatoms. The molecule has 0 amide bonds. The van der Waals surface area contributed by atoms with Crippen molar-refractivity contribution in [3.05, 3.63) is 12.7 Å². The summed E-state index contributed by atoms with van der Waals surface area (Å²) in [7, 11) is 0. The molecule has 0 bridgehead atoms. The first-order valence-corrected chi connectivity index (χ1v) is 4.62. The van der Waals surface area contributed by atoms with E-state index in [0.717, 1.165) is 12.5 Å². The molecule has 0 aliphatic heterocycles. The first-order valence-electron chi connectivity index (χ1n) is 4.62. The van der Waals surface area contributed by atoms with Crippen LogP contribution < -0.4 is 5.73 Å². The Morgan fingerprint density at radius 2 is 1.82 bits per heavy atom. The number of hydrogen-bond donors (Lipinski definition) is 1. The van der Waals surface area contributed by atoms with Gasteiger partial charge in [0, 0.05) is 0 Å². The third kappa shape index (κ3) is 6.11. The van der Waals surface area contributed by atoms with E-state index in [-0.39, 0.29) is 0 Å². The number of hydrogen-bond acceptors (Lipinski definition) is 1. The van der Waals surface area contributed by atoms with Gasteiger partial charge in [-0.05, 0) is 32.2 Å². The Bertz CT molecular complexity index is 82.9. The molecule has 1 saturated carbocycles. The molecule has 0 heterocycles. The van der Waals surface area contributed by atoms with E-state index >= 15 is 0 Å². The molecule has 0 radical (unpaired) electrons. The van der Waals surface area contributed by atoms with E-state index < -0.39 is 0 Å². The van der Waals surface area contributed by atoms with Gasteiger partial charge in [-0.15, -0.1) is 6.58 Å². The predicted octanol–water partition coefficient (Wildman–Crippen LogP) is 2.72. The minimum Gasteiger partial charge on any atom is -0.330 e. The lowest BCUT2D eigenvalue weighted by molar-refractivity contribution is 0.366. The van der Waals surface area contributed by atoms with Gasteiger partial charge in [0.1, 0.15) is 0 Å². The zero-order chi connectivity index (χ0) is 8.53. The van der Waals surface area contributed by atoms with Gasteiger partial charge in [0.25, 0.3) is 0 Å². The molecule has 0 aromatic carbocycles. The average molecular weight is 155 g/mol. The summed E-state index contributed by atoms with van der Waals surface area (Å²) in [5.41, 5.74) is 5.50. The Morgan fingerprint density at radius 3 is 2.09 bits per heavy atom. The molecule has 1 nitrogen and oxygen atoms in total. The lowest BCUT2D eigenvalue weighted by atomic mass is 9.90. The van der Waals surface area contributed by atoms with Crippen molar-refractivity contribution in [1.29, 1.82) is 0 Å². The summed E-state index contributed by atoms with van der Waals surface area (Å²) < 4.78 is 0. The Labute approximate surface area is 70.7 Å². The van der Waals surface area contributed by atoms with Crippen molar-refractivity contribution in [3.8, 4) is 0 Å². The van der Waals surface area contributed by atoms with Crippen LogP contribution in [0.1, 0.15) is 39.0 Å². The summed E-state index contributed by atoms with van der Waals surface area (Å²) in [4.78, 5) is 0. The summed E-state index contributed by atoms with van der Waals surface area (Å²) >= 11 is 0. The highest BCUT2D eigenvalue weighted by Gasteiger charge is 2.09. The molecule has 0 aromatic heterocycles. The summed E-state index contributed by atoms with van der Waals surface area (Å²) in [6, 6.07) is 0. The Kier molecular flexibility index (Phi) is 7.59. The molecule has 1 fully saturated rings. The maximum absolute atomic E-state index is 5.50. The standard InChI is InChI=1S/C7H15N.C3H6/c8-6-7-4-2-1-3-5-7;1-3-2/h7H,1-6,8H2;3H,1H2,2H3. The topological polar surface area (TPSA) is 26.0 Å². The average Bonchev–Trinajstić information content (AvgIpc) is 2.08. The van der Waals surface area contributed by atoms with Gasteiger partial charge in [0.05, 0.1) is 0 Å². The monoisotopic (exact) mass is 155 g/mol. The van der Waals surface area contributed by atoms with Crippen LogP contribution in [0.5, 0.6) is 0 Å². The molecular formula is C10H21N. The second kappa shape index (κ2) is 7.80. The largest absolute Gasteiger partial charge is 0.330 e. The predicted molar refractivity (Wildman–Crippen MR) is 51.5 cm³/mol. The Hall–Kier alpha value is -0.300. The van der Waals surface area contributed by atoms with Gasteiger partial charge >= 0.3 is 0 Å². The maximum Gasteiger partial charge on any atom is -0.00489 e. The van der Waals surface area contributed by atoms with Crippen LogP contribution in [0, 0.1) is 5.92 Å². The van der Waals surface area contributed by atoms with Crippen molar-refractivity contribution in [2.45, 2.75) is 39.0 Å². The Morgan fingerprint density at radius 1 is 1.36 bits per heavy atom. The third-order valence-electron chi connectivity index (χ3n) is 2.06. The molecule has 11 heavy (non-hydrogen) atoms. The zero-order valence-electron chi connectivity index (χ0n) is 7.68. The van der Waals surface area contributed by atoms with Crippen molar-refractivity contribution >= 4 is 0 Å². The maximum atomic E-state index is 5.50. The molecule has 0 atom stereocenters. The first-order chi connectivity index (χ1) is 5.35. The fraction of sp³-hybridized carbons (Fsp3) is 0.800. The van der Waals surface area contributed by atoms with Crippen molar-refractivity contribution in [2.75, 3.05) is 6.54 Å². The smallest absolute Gasteiger partial charge is 0.00489 e. The van der Waals surface area contributed by atoms with Crippen LogP contribution in [0.4, 0.5) is 0 Å². The number of allylic oxidation sites excluding steroid dienone is 1. The molecule has 0 spiro atoms. The molecule has 0 aromatic rings. The molecule has 1 rings (SSSR count). The van der Waals surface area contributed by atoms with Gasteiger partial charge in [-0.25, -0.2) is 0 Å². The van der Waals surface area contributed by atoms with Crippen molar-refractivity contribution in [3.63, 3.8) is 0 Å². The fourth-order valence-corrected chi connectivity index (χ4v) is 1.42. The van der Waals surface area contributed by atoms with Gasteiger partial charge in [-0.1, -0.05) is 25.3 Å². The van der Waals surface area contributed by atoms with Crippen molar-refractivity contribution in [1.82, 2.24) is 0 Å². The summed E-state index contributed by atoms with van der Waals surface area (Å²) in [6.07, 6.45) is 8.80. The molecule has 1 aliphatic rings. The van der Waals surface area contributed by atoms with E-state index in [0.29, 0.717) is 0 Å². The highest BCUT2D eigenvalue weighted by atomic mass is 14.5. The van der Waals surface area contributed by atoms with Crippen LogP contribution >= 0.6 is 0 Å². The zero-order valence-corrected chi connectivity index (χ0v) is 7.68. The van der Waals surface area contributed by atoms with Crippen LogP contribution in [0.2, 0.25) is 0 Å². The lowest BCUT2D eigenvalue weighted by Crippen LogP contribution is -2.16. The summed E-state index contributed by atoms with van der Waals surface area (Å²) in [5.74, 6) is 0.865. The Balaban J connectivity index is 0.000000292. The van der Waals surface area contributed by atoms with E-state index in [1.165, 1.54) is 32.1 Å². The van der Waals surface area contributed by atoms with Crippen LogP contribution in [0.3, 0.4) is 0 Å². The quantitative estimate of drug-likeness (QED) is 0.579. The highest BCUT2D eigenvalue weighted by Crippen LogP contribution is 2.21. The first kappa shape index (κ1) is 10.7. The van der Waals surface area contributed by atoms with Gasteiger partial charge < -0.3 is 5.73 Å². The van der Waals surface area contributed by atoms with Gasteiger partial charge in [-0.2, -0.15) is 0 Å². The molecule has 2 N–H and O–H groups in total. The van der Waals surface area contributed by atoms with E-state index in [1.54, 1.807) is 6.08 Å². The SMILES string of the molecule is C=CC.NCC1CCCCC1. The third-order valence-corrected chi connectivity index (χ3v) is 2.06. The second-order valence-corrected chi connectivity index (χ2v) is 3.15. The van der Waals surface area contributed by atoms with E-state index in [9.17, 15) is 0 Å². The fourth-order valence-electron chi connectivity index (χ4n) is 1.42. The van der Waals surface area contributed by atoms with E-state index in [2.05, 4.69) is 6.58 Å². The lowest BCUT2D eigenvalue weighted by Gasteiger charge is -2.18. The summed E-state index contributed by atoms with van der Waals surface area (Å²) in [5, 5.41) is 0.